The molecule has 3 unspecified atom stereocenters. The summed E-state index contributed by atoms with van der Waals surface area (Å²) in [5.41, 5.74) is 0. The van der Waals surface area contributed by atoms with Crippen molar-refractivity contribution in [3.8, 4) is 0 Å². The summed E-state index contributed by atoms with van der Waals surface area (Å²) in [6.07, 6.45) is 35.8. The van der Waals surface area contributed by atoms with Crippen molar-refractivity contribution in [2.75, 3.05) is 0 Å². The van der Waals surface area contributed by atoms with Crippen molar-refractivity contribution in [2.24, 2.45) is 0 Å². The monoisotopic (exact) mass is 622 g/mol. The lowest BCUT2D eigenvalue weighted by Gasteiger charge is -2.26. The Bertz CT molecular complexity index is 668. The first-order valence-electron chi connectivity index (χ1n) is 18.8. The summed E-state index contributed by atoms with van der Waals surface area (Å²) >= 11 is 0. The van der Waals surface area contributed by atoms with Crippen molar-refractivity contribution in [1.82, 2.24) is 5.32 Å². The highest BCUT2D eigenvalue weighted by Gasteiger charge is 2.29. The van der Waals surface area contributed by atoms with E-state index in [0.717, 1.165) is 38.5 Å². The van der Waals surface area contributed by atoms with Gasteiger partial charge in [0.2, 0.25) is 5.91 Å². The average Bonchev–Trinajstić information content (AvgIpc) is 3.02. The normalized spacial score (nSPS) is 13.5. The molecule has 258 valence electrons. The Balaban J connectivity index is 4.07. The quantitative estimate of drug-likeness (QED) is 0.0417. The van der Waals surface area contributed by atoms with Crippen LogP contribution in [0, 0.1) is 0 Å². The second kappa shape index (κ2) is 34.2. The molecule has 44 heavy (non-hydrogen) atoms. The predicted octanol–water partition coefficient (Wildman–Crippen LogP) is 10.1. The largest absolute Gasteiger partial charge is 0.455 e. The van der Waals surface area contributed by atoms with Gasteiger partial charge >= 0.3 is 0 Å². The van der Waals surface area contributed by atoms with E-state index in [1.807, 2.05) is 6.08 Å². The topological polar surface area (TPSA) is 92.7 Å². The summed E-state index contributed by atoms with van der Waals surface area (Å²) in [6.45, 7) is 4.70. The number of carbonyl (C=O) groups is 3. The number of aliphatic hydroxyl groups is 1. The van der Waals surface area contributed by atoms with Gasteiger partial charge in [-0.3, -0.25) is 14.4 Å². The van der Waals surface area contributed by atoms with Crippen molar-refractivity contribution in [2.45, 2.75) is 212 Å². The zero-order chi connectivity index (χ0) is 32.4. The summed E-state index contributed by atoms with van der Waals surface area (Å²) in [6, 6.07) is -0.991. The van der Waals surface area contributed by atoms with E-state index < -0.39 is 18.2 Å². The second-order valence-corrected chi connectivity index (χ2v) is 12.9. The van der Waals surface area contributed by atoms with E-state index in [1.165, 1.54) is 135 Å². The summed E-state index contributed by atoms with van der Waals surface area (Å²) in [5, 5.41) is 13.5. The molecule has 0 heterocycles. The van der Waals surface area contributed by atoms with Gasteiger partial charge in [0.1, 0.15) is 6.04 Å². The molecule has 0 rings (SSSR count). The Morgan fingerprint density at radius 3 is 1.39 bits per heavy atom. The minimum atomic E-state index is -1.22. The van der Waals surface area contributed by atoms with Crippen LogP contribution in [0.3, 0.4) is 0 Å². The minimum Gasteiger partial charge on any atom is -0.455 e. The molecule has 3 atom stereocenters. The van der Waals surface area contributed by atoms with Crippen LogP contribution in [-0.2, 0) is 19.1 Å². The number of allylic oxidation sites excluding steroid dienone is 1. The van der Waals surface area contributed by atoms with Crippen LogP contribution in [0.15, 0.2) is 12.2 Å². The number of hydrogen-bond donors (Lipinski definition) is 2. The van der Waals surface area contributed by atoms with Crippen molar-refractivity contribution < 1.29 is 24.2 Å². The Morgan fingerprint density at radius 1 is 0.614 bits per heavy atom. The maximum Gasteiger partial charge on any atom is 0.293 e. The standard InChI is InChI=1S/C38H71NO5/c1-3-5-7-9-11-13-15-17-18-20-22-24-26-28-30-32-37(43)39-38(36(33-40)44-34-41)35(42)31-29-27-25-23-21-19-16-14-12-10-8-6-4-2/h29,31,33-36,38,42H,3-28,30,32H2,1-2H3,(H,39,43)/b31-29+. The molecule has 2 N–H and O–H groups in total. The fourth-order valence-electron chi connectivity index (χ4n) is 5.82. The number of aliphatic hydroxyl groups excluding tert-OH is 1. The summed E-state index contributed by atoms with van der Waals surface area (Å²) < 4.78 is 4.87. The third kappa shape index (κ3) is 27.8. The highest BCUT2D eigenvalue weighted by molar-refractivity contribution is 5.77. The number of ether oxygens (including phenoxy) is 1. The SMILES string of the molecule is CCCCCCCCCCCCC/C=C/C(O)C(NC(=O)CCCCCCCCCCCCCCCCC)C(C=O)OC=O. The van der Waals surface area contributed by atoms with Gasteiger partial charge < -0.3 is 15.2 Å². The first-order chi connectivity index (χ1) is 21.6. The van der Waals surface area contributed by atoms with Gasteiger partial charge in [-0.25, -0.2) is 0 Å². The summed E-state index contributed by atoms with van der Waals surface area (Å²) in [7, 11) is 0. The molecule has 1 amide bonds. The van der Waals surface area contributed by atoms with E-state index in [4.69, 9.17) is 4.74 Å². The summed E-state index contributed by atoms with van der Waals surface area (Å²) in [5.74, 6) is -0.233. The van der Waals surface area contributed by atoms with Crippen molar-refractivity contribution >= 4 is 18.7 Å². The average molecular weight is 622 g/mol. The second-order valence-electron chi connectivity index (χ2n) is 12.9. The lowest BCUT2D eigenvalue weighted by Crippen LogP contribution is -2.51. The van der Waals surface area contributed by atoms with Crippen LogP contribution in [0.4, 0.5) is 0 Å². The molecule has 0 aliphatic heterocycles. The van der Waals surface area contributed by atoms with Crippen LogP contribution in [-0.4, -0.2) is 42.0 Å². The van der Waals surface area contributed by atoms with Gasteiger partial charge in [-0.15, -0.1) is 0 Å². The molecule has 0 saturated carbocycles. The molecule has 6 heteroatoms. The number of aldehydes is 1. The highest BCUT2D eigenvalue weighted by Crippen LogP contribution is 2.15. The Kier molecular flexibility index (Phi) is 32.9. The Morgan fingerprint density at radius 2 is 1.00 bits per heavy atom. The van der Waals surface area contributed by atoms with Gasteiger partial charge in [0.25, 0.3) is 6.47 Å². The third-order valence-electron chi connectivity index (χ3n) is 8.71. The Labute approximate surface area is 271 Å². The lowest BCUT2D eigenvalue weighted by molar-refractivity contribution is -0.143. The molecular formula is C38H71NO5. The van der Waals surface area contributed by atoms with E-state index in [2.05, 4.69) is 19.2 Å². The zero-order valence-electron chi connectivity index (χ0n) is 28.9. The molecule has 0 aliphatic rings. The van der Waals surface area contributed by atoms with Crippen molar-refractivity contribution in [3.05, 3.63) is 12.2 Å². The van der Waals surface area contributed by atoms with Crippen LogP contribution >= 0.6 is 0 Å². The maximum absolute atomic E-state index is 12.6. The van der Waals surface area contributed by atoms with Gasteiger partial charge in [0.15, 0.2) is 12.4 Å². The fourth-order valence-corrected chi connectivity index (χ4v) is 5.82. The van der Waals surface area contributed by atoms with Gasteiger partial charge in [-0.1, -0.05) is 180 Å². The highest BCUT2D eigenvalue weighted by atomic mass is 16.5. The number of hydrogen-bond acceptors (Lipinski definition) is 5. The van der Waals surface area contributed by atoms with E-state index in [9.17, 15) is 19.5 Å². The van der Waals surface area contributed by atoms with Crippen LogP contribution in [0.5, 0.6) is 0 Å². The van der Waals surface area contributed by atoms with Gasteiger partial charge in [-0.05, 0) is 19.3 Å². The summed E-state index contributed by atoms with van der Waals surface area (Å²) in [4.78, 5) is 35.1. The lowest BCUT2D eigenvalue weighted by atomic mass is 10.0. The molecule has 0 spiro atoms. The van der Waals surface area contributed by atoms with Gasteiger partial charge in [0.05, 0.1) is 6.10 Å². The molecule has 0 aromatic rings. The van der Waals surface area contributed by atoms with Crippen LogP contribution in [0.2, 0.25) is 0 Å². The van der Waals surface area contributed by atoms with E-state index >= 15 is 0 Å². The maximum atomic E-state index is 12.6. The van der Waals surface area contributed by atoms with Crippen LogP contribution < -0.4 is 5.32 Å². The molecule has 0 aromatic heterocycles. The first-order valence-corrected chi connectivity index (χ1v) is 18.8. The van der Waals surface area contributed by atoms with Crippen molar-refractivity contribution in [3.63, 3.8) is 0 Å². The van der Waals surface area contributed by atoms with E-state index in [1.54, 1.807) is 6.08 Å². The predicted molar refractivity (Wildman–Crippen MR) is 185 cm³/mol. The number of unbranched alkanes of at least 4 members (excludes halogenated alkanes) is 25. The molecule has 6 nitrogen and oxygen atoms in total. The smallest absolute Gasteiger partial charge is 0.293 e. The third-order valence-corrected chi connectivity index (χ3v) is 8.71. The number of amides is 1. The van der Waals surface area contributed by atoms with E-state index in [0.29, 0.717) is 12.7 Å². The zero-order valence-corrected chi connectivity index (χ0v) is 28.9. The number of carbonyl (C=O) groups excluding carboxylic acids is 3. The molecule has 0 saturated heterocycles. The van der Waals surface area contributed by atoms with Crippen molar-refractivity contribution in [1.29, 1.82) is 0 Å². The fraction of sp³-hybridized carbons (Fsp3) is 0.868. The van der Waals surface area contributed by atoms with Gasteiger partial charge in [-0.2, -0.15) is 0 Å². The van der Waals surface area contributed by atoms with Gasteiger partial charge in [0, 0.05) is 6.42 Å². The molecule has 0 bridgehead atoms. The Hall–Kier alpha value is -1.69. The van der Waals surface area contributed by atoms with Crippen LogP contribution in [0.25, 0.3) is 0 Å². The van der Waals surface area contributed by atoms with E-state index in [-0.39, 0.29) is 12.4 Å². The molecule has 0 radical (unpaired) electrons. The van der Waals surface area contributed by atoms with Crippen LogP contribution in [0.1, 0.15) is 194 Å². The molecule has 0 fully saturated rings. The number of nitrogens with one attached hydrogen (secondary N) is 1. The number of rotatable bonds is 35. The first kappa shape index (κ1) is 42.3. The molecule has 0 aromatic carbocycles. The molecular weight excluding hydrogens is 550 g/mol. The molecule has 0 aliphatic carbocycles. The minimum absolute atomic E-state index is 0.189.